The highest BCUT2D eigenvalue weighted by atomic mass is 16.6. The van der Waals surface area contributed by atoms with E-state index in [-0.39, 0.29) is 24.2 Å². The van der Waals surface area contributed by atoms with Crippen LogP contribution in [0, 0.1) is 6.92 Å². The highest BCUT2D eigenvalue weighted by Gasteiger charge is 2.32. The Balaban J connectivity index is 2.24. The summed E-state index contributed by atoms with van der Waals surface area (Å²) in [4.78, 5) is 43.4. The van der Waals surface area contributed by atoms with Crippen LogP contribution in [0.15, 0.2) is 4.79 Å². The number of rotatable bonds is 3. The molecule has 0 unspecified atom stereocenters. The average Bonchev–Trinajstić information content (AvgIpc) is 2.58. The van der Waals surface area contributed by atoms with Crippen LogP contribution >= 0.6 is 0 Å². The Morgan fingerprint density at radius 2 is 1.81 bits per heavy atom. The van der Waals surface area contributed by atoms with E-state index in [0.717, 1.165) is 0 Å². The van der Waals surface area contributed by atoms with Crippen LogP contribution < -0.4 is 5.56 Å². The van der Waals surface area contributed by atoms with E-state index in [1.54, 1.807) is 25.8 Å². The molecular formula is C19H29N3O5. The highest BCUT2D eigenvalue weighted by Crippen LogP contribution is 2.29. The van der Waals surface area contributed by atoms with Gasteiger partial charge in [0.2, 0.25) is 0 Å². The molecule has 27 heavy (non-hydrogen) atoms. The summed E-state index contributed by atoms with van der Waals surface area (Å²) in [6.07, 6.45) is 0.857. The lowest BCUT2D eigenvalue weighted by molar-refractivity contribution is 0.0202. The molecule has 8 heteroatoms. The van der Waals surface area contributed by atoms with Crippen molar-refractivity contribution in [2.75, 3.05) is 19.7 Å². The molecule has 1 aliphatic rings. The van der Waals surface area contributed by atoms with Crippen LogP contribution in [0.3, 0.4) is 0 Å². The minimum absolute atomic E-state index is 0.000619. The van der Waals surface area contributed by atoms with E-state index in [2.05, 4.69) is 4.98 Å². The maximum atomic E-state index is 12.6. The first-order valence-corrected chi connectivity index (χ1v) is 9.27. The third kappa shape index (κ3) is 4.87. The third-order valence-electron chi connectivity index (χ3n) is 4.56. The van der Waals surface area contributed by atoms with Crippen molar-refractivity contribution < 1.29 is 19.1 Å². The van der Waals surface area contributed by atoms with Crippen LogP contribution in [0.4, 0.5) is 4.79 Å². The van der Waals surface area contributed by atoms with Gasteiger partial charge >= 0.3 is 12.1 Å². The Labute approximate surface area is 159 Å². The number of likely N-dealkylation sites (tertiary alicyclic amines) is 1. The van der Waals surface area contributed by atoms with Gasteiger partial charge in [0.25, 0.3) is 5.56 Å². The van der Waals surface area contributed by atoms with Gasteiger partial charge in [-0.05, 0) is 47.5 Å². The first-order chi connectivity index (χ1) is 12.5. The summed E-state index contributed by atoms with van der Waals surface area (Å²) < 4.78 is 11.8. The lowest BCUT2D eigenvalue weighted by Gasteiger charge is -2.33. The second-order valence-electron chi connectivity index (χ2n) is 7.75. The zero-order valence-corrected chi connectivity index (χ0v) is 17.0. The molecule has 0 atom stereocenters. The molecular weight excluding hydrogens is 350 g/mol. The molecule has 1 aromatic heterocycles. The molecule has 1 saturated heterocycles. The largest absolute Gasteiger partial charge is 0.462 e. The number of amides is 1. The second-order valence-corrected chi connectivity index (χ2v) is 7.75. The molecule has 0 saturated carbocycles. The minimum atomic E-state index is -0.643. The number of hydrogen-bond acceptors (Lipinski definition) is 6. The van der Waals surface area contributed by atoms with E-state index < -0.39 is 17.1 Å². The topological polar surface area (TPSA) is 90.7 Å². The quantitative estimate of drug-likeness (QED) is 0.749. The molecule has 1 aromatic rings. The summed E-state index contributed by atoms with van der Waals surface area (Å²) >= 11 is 0. The normalized spacial score (nSPS) is 15.6. The average molecular weight is 379 g/mol. The van der Waals surface area contributed by atoms with Crippen LogP contribution in [-0.4, -0.2) is 51.8 Å². The summed E-state index contributed by atoms with van der Waals surface area (Å²) in [5, 5.41) is 0. The minimum Gasteiger partial charge on any atom is -0.462 e. The molecule has 0 bridgehead atoms. The van der Waals surface area contributed by atoms with Gasteiger partial charge in [0, 0.05) is 26.1 Å². The number of hydrogen-bond donors (Lipinski definition) is 0. The highest BCUT2D eigenvalue weighted by molar-refractivity contribution is 5.90. The van der Waals surface area contributed by atoms with Gasteiger partial charge in [-0.3, -0.25) is 9.36 Å². The Morgan fingerprint density at radius 1 is 1.22 bits per heavy atom. The fourth-order valence-electron chi connectivity index (χ4n) is 3.08. The van der Waals surface area contributed by atoms with Gasteiger partial charge in [-0.2, -0.15) is 0 Å². The Kier molecular flexibility index (Phi) is 6.28. The molecule has 1 aliphatic heterocycles. The first-order valence-electron chi connectivity index (χ1n) is 9.27. The van der Waals surface area contributed by atoms with Gasteiger partial charge in [0.15, 0.2) is 0 Å². The number of carbonyl (C=O) groups is 2. The third-order valence-corrected chi connectivity index (χ3v) is 4.56. The van der Waals surface area contributed by atoms with Gasteiger partial charge in [-0.15, -0.1) is 0 Å². The molecule has 150 valence electrons. The van der Waals surface area contributed by atoms with Gasteiger partial charge in [-0.1, -0.05) is 0 Å². The molecule has 0 aliphatic carbocycles. The van der Waals surface area contributed by atoms with Gasteiger partial charge in [-0.25, -0.2) is 14.6 Å². The smallest absolute Gasteiger partial charge is 0.410 e. The van der Waals surface area contributed by atoms with E-state index in [1.165, 1.54) is 4.57 Å². The fourth-order valence-corrected chi connectivity index (χ4v) is 3.08. The van der Waals surface area contributed by atoms with Crippen molar-refractivity contribution in [1.29, 1.82) is 0 Å². The number of carbonyl (C=O) groups excluding carboxylic acids is 2. The summed E-state index contributed by atoms with van der Waals surface area (Å²) in [7, 11) is 1.59. The van der Waals surface area contributed by atoms with Crippen LogP contribution in [-0.2, 0) is 16.5 Å². The lowest BCUT2D eigenvalue weighted by atomic mass is 9.90. The molecule has 0 spiro atoms. The van der Waals surface area contributed by atoms with E-state index in [4.69, 9.17) is 9.47 Å². The SMILES string of the molecule is CCOC(=O)c1c(C2CCN(C(=O)OC(C)(C)C)CC2)nc(C)n(C)c1=O. The van der Waals surface area contributed by atoms with Crippen LogP contribution in [0.5, 0.6) is 0 Å². The molecule has 2 rings (SSSR count). The van der Waals surface area contributed by atoms with Crippen LogP contribution in [0.1, 0.15) is 68.3 Å². The molecule has 8 nitrogen and oxygen atoms in total. The summed E-state index contributed by atoms with van der Waals surface area (Å²) in [6.45, 7) is 10.1. The molecule has 0 N–H and O–H groups in total. The van der Waals surface area contributed by atoms with Crippen molar-refractivity contribution in [1.82, 2.24) is 14.5 Å². The number of esters is 1. The monoisotopic (exact) mass is 379 g/mol. The number of aromatic nitrogens is 2. The first kappa shape index (κ1) is 20.9. The van der Waals surface area contributed by atoms with E-state index >= 15 is 0 Å². The van der Waals surface area contributed by atoms with Gasteiger partial charge in [0.05, 0.1) is 12.3 Å². The van der Waals surface area contributed by atoms with Crippen LogP contribution in [0.25, 0.3) is 0 Å². The number of piperidine rings is 1. The Hall–Kier alpha value is -2.38. The number of nitrogens with zero attached hydrogens (tertiary/aromatic N) is 3. The maximum Gasteiger partial charge on any atom is 0.410 e. The molecule has 1 fully saturated rings. The predicted molar refractivity (Wildman–Crippen MR) is 100.0 cm³/mol. The van der Waals surface area contributed by atoms with Crippen LogP contribution in [0.2, 0.25) is 0 Å². The van der Waals surface area contributed by atoms with Crippen molar-refractivity contribution in [2.24, 2.45) is 7.05 Å². The van der Waals surface area contributed by atoms with Crippen molar-refractivity contribution in [3.05, 3.63) is 27.4 Å². The second kappa shape index (κ2) is 8.10. The van der Waals surface area contributed by atoms with Crippen molar-refractivity contribution in [3.63, 3.8) is 0 Å². The Morgan fingerprint density at radius 3 is 2.33 bits per heavy atom. The number of ether oxygens (including phenoxy) is 2. The Bertz CT molecular complexity index is 771. The molecule has 0 aromatic carbocycles. The number of aryl methyl sites for hydroxylation is 1. The zero-order chi connectivity index (χ0) is 20.4. The van der Waals surface area contributed by atoms with E-state index in [1.807, 2.05) is 20.8 Å². The summed E-state index contributed by atoms with van der Waals surface area (Å²) in [6, 6.07) is 0. The van der Waals surface area contributed by atoms with Crippen molar-refractivity contribution in [2.45, 2.75) is 59.0 Å². The fraction of sp³-hybridized carbons (Fsp3) is 0.684. The maximum absolute atomic E-state index is 12.6. The van der Waals surface area contributed by atoms with Crippen molar-refractivity contribution >= 4 is 12.1 Å². The zero-order valence-electron chi connectivity index (χ0n) is 17.0. The standard InChI is InChI=1S/C19H29N3O5/c1-7-26-17(24)14-15(20-12(2)21(6)16(14)23)13-8-10-22(11-9-13)18(25)27-19(3,4)5/h13H,7-11H2,1-6H3. The predicted octanol–water partition coefficient (Wildman–Crippen LogP) is 2.38. The molecule has 0 radical (unpaired) electrons. The van der Waals surface area contributed by atoms with E-state index in [9.17, 15) is 14.4 Å². The lowest BCUT2D eigenvalue weighted by Crippen LogP contribution is -2.42. The van der Waals surface area contributed by atoms with Gasteiger partial charge in [0.1, 0.15) is 17.0 Å². The van der Waals surface area contributed by atoms with Crippen molar-refractivity contribution in [3.8, 4) is 0 Å². The summed E-state index contributed by atoms with van der Waals surface area (Å²) in [5.41, 5.74) is -0.473. The molecule has 1 amide bonds. The van der Waals surface area contributed by atoms with Gasteiger partial charge < -0.3 is 14.4 Å². The summed E-state index contributed by atoms with van der Waals surface area (Å²) in [5.74, 6) is -0.191. The van der Waals surface area contributed by atoms with E-state index in [0.29, 0.717) is 37.4 Å². The molecule has 2 heterocycles.